The first-order chi connectivity index (χ1) is 9.51. The molecule has 0 N–H and O–H groups in total. The van der Waals surface area contributed by atoms with Gasteiger partial charge in [0.05, 0.1) is 12.5 Å². The third-order valence-electron chi connectivity index (χ3n) is 2.96. The molecule has 0 radical (unpaired) electrons. The molecule has 2 aromatic carbocycles. The van der Waals surface area contributed by atoms with Gasteiger partial charge in [-0.25, -0.2) is 8.78 Å². The van der Waals surface area contributed by atoms with Crippen molar-refractivity contribution in [3.8, 4) is 5.75 Å². The van der Waals surface area contributed by atoms with Gasteiger partial charge in [0.25, 0.3) is 0 Å². The molecule has 20 heavy (non-hydrogen) atoms. The van der Waals surface area contributed by atoms with Crippen LogP contribution < -0.4 is 4.74 Å². The van der Waals surface area contributed by atoms with Crippen molar-refractivity contribution in [2.24, 2.45) is 0 Å². The number of benzene rings is 2. The van der Waals surface area contributed by atoms with Gasteiger partial charge in [-0.1, -0.05) is 28.1 Å². The van der Waals surface area contributed by atoms with E-state index in [-0.39, 0.29) is 6.42 Å². The van der Waals surface area contributed by atoms with Crippen molar-refractivity contribution in [1.29, 1.82) is 0 Å². The van der Waals surface area contributed by atoms with Gasteiger partial charge in [0.15, 0.2) is 0 Å². The second-order valence-corrected chi connectivity index (χ2v) is 5.68. The van der Waals surface area contributed by atoms with Crippen LogP contribution in [0.25, 0.3) is 0 Å². The summed E-state index contributed by atoms with van der Waals surface area (Å²) in [5, 5.41) is -0.421. The number of hydrogen-bond donors (Lipinski definition) is 0. The first-order valence-electron chi connectivity index (χ1n) is 5.92. The van der Waals surface area contributed by atoms with E-state index in [9.17, 15) is 8.78 Å². The zero-order valence-corrected chi connectivity index (χ0v) is 13.0. The summed E-state index contributed by atoms with van der Waals surface area (Å²) in [6, 6.07) is 8.91. The third kappa shape index (κ3) is 3.49. The van der Waals surface area contributed by atoms with Crippen LogP contribution >= 0.6 is 27.5 Å². The van der Waals surface area contributed by atoms with E-state index in [4.69, 9.17) is 16.3 Å². The SMILES string of the molecule is COc1ccc(C(Cl)Cc2ccc(F)cc2F)c(Br)c1. The molecule has 0 heterocycles. The Bertz CT molecular complexity index is 619. The molecule has 1 unspecified atom stereocenters. The van der Waals surface area contributed by atoms with Gasteiger partial charge in [0.2, 0.25) is 0 Å². The molecule has 0 spiro atoms. The molecule has 0 fully saturated rings. The van der Waals surface area contributed by atoms with Crippen LogP contribution in [0.5, 0.6) is 5.75 Å². The summed E-state index contributed by atoms with van der Waals surface area (Å²) in [6.45, 7) is 0. The van der Waals surface area contributed by atoms with E-state index in [2.05, 4.69) is 15.9 Å². The fourth-order valence-corrected chi connectivity index (χ4v) is 3.00. The molecule has 1 nitrogen and oxygen atoms in total. The molecular formula is C15H12BrClF2O. The van der Waals surface area contributed by atoms with Crippen molar-refractivity contribution in [3.63, 3.8) is 0 Å². The second-order valence-electron chi connectivity index (χ2n) is 4.29. The van der Waals surface area contributed by atoms with E-state index in [1.165, 1.54) is 12.1 Å². The Morgan fingerprint density at radius 3 is 2.55 bits per heavy atom. The van der Waals surface area contributed by atoms with E-state index in [1.807, 2.05) is 6.07 Å². The van der Waals surface area contributed by atoms with E-state index >= 15 is 0 Å². The largest absolute Gasteiger partial charge is 0.497 e. The smallest absolute Gasteiger partial charge is 0.129 e. The number of rotatable bonds is 4. The quantitative estimate of drug-likeness (QED) is 0.675. The minimum absolute atomic E-state index is 0.276. The molecule has 2 rings (SSSR count). The van der Waals surface area contributed by atoms with Crippen molar-refractivity contribution in [1.82, 2.24) is 0 Å². The lowest BCUT2D eigenvalue weighted by molar-refractivity contribution is 0.414. The Morgan fingerprint density at radius 1 is 1.20 bits per heavy atom. The maximum atomic E-state index is 13.6. The monoisotopic (exact) mass is 360 g/mol. The molecule has 0 bridgehead atoms. The fourth-order valence-electron chi connectivity index (χ4n) is 1.88. The second kappa shape index (κ2) is 6.55. The van der Waals surface area contributed by atoms with E-state index in [0.29, 0.717) is 11.3 Å². The van der Waals surface area contributed by atoms with E-state index in [1.54, 1.807) is 19.2 Å². The van der Waals surface area contributed by atoms with Gasteiger partial charge in [-0.2, -0.15) is 0 Å². The van der Waals surface area contributed by atoms with Crippen molar-refractivity contribution in [2.45, 2.75) is 11.8 Å². The van der Waals surface area contributed by atoms with Gasteiger partial charge in [-0.15, -0.1) is 11.6 Å². The zero-order valence-electron chi connectivity index (χ0n) is 10.7. The zero-order chi connectivity index (χ0) is 14.7. The average molecular weight is 362 g/mol. The number of halogens is 4. The molecule has 2 aromatic rings. The maximum absolute atomic E-state index is 13.6. The average Bonchev–Trinajstić information content (AvgIpc) is 2.41. The van der Waals surface area contributed by atoms with Gasteiger partial charge in [0.1, 0.15) is 17.4 Å². The van der Waals surface area contributed by atoms with E-state index < -0.39 is 17.0 Å². The Labute approximate surface area is 129 Å². The minimum Gasteiger partial charge on any atom is -0.497 e. The van der Waals surface area contributed by atoms with Crippen LogP contribution in [0, 0.1) is 11.6 Å². The summed E-state index contributed by atoms with van der Waals surface area (Å²) in [5.74, 6) is -0.472. The highest BCUT2D eigenvalue weighted by molar-refractivity contribution is 9.10. The van der Waals surface area contributed by atoms with Crippen LogP contribution in [-0.2, 0) is 6.42 Å². The molecule has 0 amide bonds. The van der Waals surface area contributed by atoms with Crippen molar-refractivity contribution >= 4 is 27.5 Å². The predicted octanol–water partition coefficient (Wildman–Crippen LogP) is 5.26. The van der Waals surface area contributed by atoms with Crippen LogP contribution in [0.2, 0.25) is 0 Å². The highest BCUT2D eigenvalue weighted by atomic mass is 79.9. The number of hydrogen-bond acceptors (Lipinski definition) is 1. The molecular weight excluding hydrogens is 350 g/mol. The molecule has 0 saturated carbocycles. The van der Waals surface area contributed by atoms with Crippen molar-refractivity contribution in [2.75, 3.05) is 7.11 Å². The van der Waals surface area contributed by atoms with Gasteiger partial charge in [-0.3, -0.25) is 0 Å². The van der Waals surface area contributed by atoms with Gasteiger partial charge < -0.3 is 4.74 Å². The van der Waals surface area contributed by atoms with Crippen LogP contribution in [0.1, 0.15) is 16.5 Å². The highest BCUT2D eigenvalue weighted by Gasteiger charge is 2.15. The molecule has 1 atom stereocenters. The number of ether oxygens (including phenoxy) is 1. The van der Waals surface area contributed by atoms with Gasteiger partial charge >= 0.3 is 0 Å². The predicted molar refractivity (Wildman–Crippen MR) is 79.4 cm³/mol. The standard InChI is InChI=1S/C15H12BrClF2O/c1-20-11-4-5-12(13(16)8-11)14(17)6-9-2-3-10(18)7-15(9)19/h2-5,7-8,14H,6H2,1H3. The third-order valence-corrected chi connectivity index (χ3v) is 4.04. The number of methoxy groups -OCH3 is 1. The number of alkyl halides is 1. The minimum atomic E-state index is -0.594. The van der Waals surface area contributed by atoms with Crippen molar-refractivity contribution < 1.29 is 13.5 Å². The summed E-state index contributed by atoms with van der Waals surface area (Å²) >= 11 is 9.74. The van der Waals surface area contributed by atoms with Gasteiger partial charge in [0, 0.05) is 10.5 Å². The molecule has 0 aliphatic heterocycles. The molecule has 5 heteroatoms. The fraction of sp³-hybridized carbons (Fsp3) is 0.200. The molecule has 106 valence electrons. The first kappa shape index (κ1) is 15.3. The topological polar surface area (TPSA) is 9.23 Å². The highest BCUT2D eigenvalue weighted by Crippen LogP contribution is 2.33. The summed E-state index contributed by atoms with van der Waals surface area (Å²) in [5.41, 5.74) is 1.21. The Hall–Kier alpha value is -1.13. The van der Waals surface area contributed by atoms with Crippen molar-refractivity contribution in [3.05, 3.63) is 63.6 Å². The molecule has 0 saturated heterocycles. The van der Waals surface area contributed by atoms with E-state index in [0.717, 1.165) is 16.1 Å². The summed E-state index contributed by atoms with van der Waals surface area (Å²) in [7, 11) is 1.58. The van der Waals surface area contributed by atoms with Crippen LogP contribution in [0.4, 0.5) is 8.78 Å². The molecule has 0 aromatic heterocycles. The van der Waals surface area contributed by atoms with Crippen LogP contribution in [-0.4, -0.2) is 7.11 Å². The molecule has 0 aliphatic rings. The first-order valence-corrected chi connectivity index (χ1v) is 7.15. The Kier molecular flexibility index (Phi) is 5.00. The normalized spacial score (nSPS) is 12.2. The van der Waals surface area contributed by atoms with Gasteiger partial charge in [-0.05, 0) is 35.7 Å². The lowest BCUT2D eigenvalue weighted by atomic mass is 10.0. The lowest BCUT2D eigenvalue weighted by Gasteiger charge is -2.13. The summed E-state index contributed by atoms with van der Waals surface area (Å²) < 4.78 is 32.4. The summed E-state index contributed by atoms with van der Waals surface area (Å²) in [6.07, 6.45) is 0.276. The summed E-state index contributed by atoms with van der Waals surface area (Å²) in [4.78, 5) is 0. The Balaban J connectivity index is 2.21. The lowest BCUT2D eigenvalue weighted by Crippen LogP contribution is -2.00. The molecule has 0 aliphatic carbocycles. The van der Waals surface area contributed by atoms with Crippen LogP contribution in [0.15, 0.2) is 40.9 Å². The maximum Gasteiger partial charge on any atom is 0.129 e. The Morgan fingerprint density at radius 2 is 1.95 bits per heavy atom. The van der Waals surface area contributed by atoms with Crippen LogP contribution in [0.3, 0.4) is 0 Å².